The Morgan fingerprint density at radius 3 is 2.68 bits per heavy atom. The van der Waals surface area contributed by atoms with Crippen LogP contribution < -0.4 is 10.1 Å². The van der Waals surface area contributed by atoms with Crippen LogP contribution in [0, 0.1) is 6.92 Å². The third kappa shape index (κ3) is 4.84. The number of rotatable bonds is 6. The van der Waals surface area contributed by atoms with E-state index >= 15 is 0 Å². The van der Waals surface area contributed by atoms with E-state index in [0.29, 0.717) is 28.5 Å². The molecular weight excluding hydrogens is 377 g/mol. The van der Waals surface area contributed by atoms with Crippen molar-refractivity contribution in [3.8, 4) is 17.1 Å². The Kier molecular flexibility index (Phi) is 5.57. The summed E-state index contributed by atoms with van der Waals surface area (Å²) in [6.45, 7) is 0.432. The van der Waals surface area contributed by atoms with Crippen molar-refractivity contribution in [3.63, 3.8) is 0 Å². The van der Waals surface area contributed by atoms with Crippen LogP contribution in [0.1, 0.15) is 21.8 Å². The van der Waals surface area contributed by atoms with Gasteiger partial charge >= 0.3 is 6.18 Å². The molecule has 3 aromatic rings. The van der Waals surface area contributed by atoms with Gasteiger partial charge in [0.05, 0.1) is 17.5 Å². The standard InChI is InChI=1S/C18H15F3N4O3/c1-11-13(16(25-28-11)14-4-2-3-7-22-14)9-27-12-5-6-15(23-8-12)17(26)24-10-18(19,20)21/h2-8H,9-10H2,1H3,(H,24,26). The zero-order valence-corrected chi connectivity index (χ0v) is 14.7. The van der Waals surface area contributed by atoms with Crippen molar-refractivity contribution in [1.82, 2.24) is 20.4 Å². The van der Waals surface area contributed by atoms with Gasteiger partial charge in [-0.05, 0) is 31.2 Å². The lowest BCUT2D eigenvalue weighted by Crippen LogP contribution is -2.34. The fourth-order valence-electron chi connectivity index (χ4n) is 2.29. The number of nitrogens with zero attached hydrogens (tertiary/aromatic N) is 3. The van der Waals surface area contributed by atoms with E-state index in [2.05, 4.69) is 15.1 Å². The van der Waals surface area contributed by atoms with Gasteiger partial charge in [0.1, 0.15) is 36.0 Å². The molecule has 7 nitrogen and oxygen atoms in total. The second-order valence-corrected chi connectivity index (χ2v) is 5.75. The first-order chi connectivity index (χ1) is 13.3. The van der Waals surface area contributed by atoms with Gasteiger partial charge in [-0.1, -0.05) is 11.2 Å². The number of carbonyl (C=O) groups excluding carboxylic acids is 1. The summed E-state index contributed by atoms with van der Waals surface area (Å²) in [6, 6.07) is 8.12. The van der Waals surface area contributed by atoms with Crippen LogP contribution in [-0.4, -0.2) is 33.8 Å². The Morgan fingerprint density at radius 1 is 1.21 bits per heavy atom. The zero-order valence-electron chi connectivity index (χ0n) is 14.7. The Balaban J connectivity index is 1.65. The number of hydrogen-bond donors (Lipinski definition) is 1. The van der Waals surface area contributed by atoms with Gasteiger partial charge < -0.3 is 14.6 Å². The van der Waals surface area contributed by atoms with Crippen LogP contribution in [0.15, 0.2) is 47.2 Å². The molecule has 0 radical (unpaired) electrons. The predicted octanol–water partition coefficient (Wildman–Crippen LogP) is 3.31. The Labute approximate surface area is 157 Å². The topological polar surface area (TPSA) is 90.1 Å². The number of carbonyl (C=O) groups is 1. The van der Waals surface area contributed by atoms with Crippen LogP contribution in [0.25, 0.3) is 11.4 Å². The molecule has 0 aromatic carbocycles. The summed E-state index contributed by atoms with van der Waals surface area (Å²) in [5.41, 5.74) is 1.74. The quantitative estimate of drug-likeness (QED) is 0.692. The van der Waals surface area contributed by atoms with E-state index in [0.717, 1.165) is 0 Å². The highest BCUT2D eigenvalue weighted by Gasteiger charge is 2.28. The van der Waals surface area contributed by atoms with Crippen molar-refractivity contribution in [2.24, 2.45) is 0 Å². The monoisotopic (exact) mass is 392 g/mol. The van der Waals surface area contributed by atoms with Crippen molar-refractivity contribution in [2.75, 3.05) is 6.54 Å². The molecule has 0 spiro atoms. The summed E-state index contributed by atoms with van der Waals surface area (Å²) in [7, 11) is 0. The lowest BCUT2D eigenvalue weighted by Gasteiger charge is -2.09. The van der Waals surface area contributed by atoms with Gasteiger partial charge in [-0.2, -0.15) is 13.2 Å². The number of pyridine rings is 2. The maximum Gasteiger partial charge on any atom is 0.405 e. The van der Waals surface area contributed by atoms with E-state index in [-0.39, 0.29) is 12.3 Å². The molecular formula is C18H15F3N4O3. The number of alkyl halides is 3. The first kappa shape index (κ1) is 19.3. The van der Waals surface area contributed by atoms with Gasteiger partial charge in [-0.25, -0.2) is 4.98 Å². The van der Waals surface area contributed by atoms with Gasteiger partial charge in [0, 0.05) is 6.20 Å². The first-order valence-corrected chi connectivity index (χ1v) is 8.14. The molecule has 0 bridgehead atoms. The number of amides is 1. The number of hydrogen-bond acceptors (Lipinski definition) is 6. The molecule has 146 valence electrons. The van der Waals surface area contributed by atoms with Gasteiger partial charge in [0.2, 0.25) is 0 Å². The minimum atomic E-state index is -4.49. The van der Waals surface area contributed by atoms with Crippen molar-refractivity contribution in [1.29, 1.82) is 0 Å². The number of halogens is 3. The fourth-order valence-corrected chi connectivity index (χ4v) is 2.29. The smallest absolute Gasteiger partial charge is 0.405 e. The second-order valence-electron chi connectivity index (χ2n) is 5.75. The lowest BCUT2D eigenvalue weighted by atomic mass is 10.1. The van der Waals surface area contributed by atoms with Crippen LogP contribution in [-0.2, 0) is 6.61 Å². The van der Waals surface area contributed by atoms with Crippen molar-refractivity contribution >= 4 is 5.91 Å². The summed E-state index contributed by atoms with van der Waals surface area (Å²) in [5.74, 6) is -0.0205. The Bertz CT molecular complexity index is 941. The maximum atomic E-state index is 12.1. The largest absolute Gasteiger partial charge is 0.487 e. The molecule has 1 amide bonds. The molecule has 10 heteroatoms. The van der Waals surface area contributed by atoms with Gasteiger partial charge in [-0.3, -0.25) is 9.78 Å². The SMILES string of the molecule is Cc1onc(-c2ccccn2)c1COc1ccc(C(=O)NCC(F)(F)F)nc1. The van der Waals surface area contributed by atoms with Gasteiger partial charge in [0.25, 0.3) is 5.91 Å². The minimum absolute atomic E-state index is 0.114. The van der Waals surface area contributed by atoms with E-state index in [1.807, 2.05) is 6.07 Å². The Morgan fingerprint density at radius 2 is 2.04 bits per heavy atom. The minimum Gasteiger partial charge on any atom is -0.487 e. The molecule has 3 heterocycles. The molecule has 3 rings (SSSR count). The molecule has 28 heavy (non-hydrogen) atoms. The molecule has 0 fully saturated rings. The summed E-state index contributed by atoms with van der Waals surface area (Å²) >= 11 is 0. The highest BCUT2D eigenvalue weighted by atomic mass is 19.4. The number of ether oxygens (including phenoxy) is 1. The number of aromatic nitrogens is 3. The van der Waals surface area contributed by atoms with Crippen molar-refractivity contribution in [2.45, 2.75) is 19.7 Å². The zero-order chi connectivity index (χ0) is 20.1. The number of aryl methyl sites for hydroxylation is 1. The molecule has 0 aliphatic carbocycles. The van der Waals surface area contributed by atoms with E-state index in [1.54, 1.807) is 30.6 Å². The summed E-state index contributed by atoms with van der Waals surface area (Å²) in [5, 5.41) is 5.75. The van der Waals surface area contributed by atoms with Crippen LogP contribution in [0.2, 0.25) is 0 Å². The third-order valence-corrected chi connectivity index (χ3v) is 3.69. The second kappa shape index (κ2) is 8.07. The highest BCUT2D eigenvalue weighted by molar-refractivity contribution is 5.92. The molecule has 0 aliphatic heterocycles. The summed E-state index contributed by atoms with van der Waals surface area (Å²) < 4.78 is 47.3. The normalized spacial score (nSPS) is 11.3. The molecule has 0 atom stereocenters. The van der Waals surface area contributed by atoms with Crippen molar-refractivity contribution in [3.05, 3.63) is 59.7 Å². The van der Waals surface area contributed by atoms with E-state index in [1.165, 1.54) is 18.3 Å². The van der Waals surface area contributed by atoms with Crippen molar-refractivity contribution < 1.29 is 27.2 Å². The molecule has 1 N–H and O–H groups in total. The molecule has 0 saturated carbocycles. The van der Waals surface area contributed by atoms with Gasteiger partial charge in [-0.15, -0.1) is 0 Å². The number of nitrogens with one attached hydrogen (secondary N) is 1. The molecule has 0 saturated heterocycles. The fraction of sp³-hybridized carbons (Fsp3) is 0.222. The maximum absolute atomic E-state index is 12.1. The predicted molar refractivity (Wildman–Crippen MR) is 91.4 cm³/mol. The van der Waals surface area contributed by atoms with Gasteiger partial charge in [0.15, 0.2) is 0 Å². The first-order valence-electron chi connectivity index (χ1n) is 8.14. The molecule has 0 aliphatic rings. The van der Waals surface area contributed by atoms with Crippen LogP contribution in [0.3, 0.4) is 0 Å². The average molecular weight is 392 g/mol. The van der Waals surface area contributed by atoms with Crippen LogP contribution in [0.5, 0.6) is 5.75 Å². The third-order valence-electron chi connectivity index (χ3n) is 3.69. The average Bonchev–Trinajstić information content (AvgIpc) is 3.05. The molecule has 3 aromatic heterocycles. The lowest BCUT2D eigenvalue weighted by molar-refractivity contribution is -0.123. The van der Waals surface area contributed by atoms with E-state index in [9.17, 15) is 18.0 Å². The summed E-state index contributed by atoms with van der Waals surface area (Å²) in [4.78, 5) is 19.7. The van der Waals surface area contributed by atoms with E-state index < -0.39 is 18.6 Å². The van der Waals surface area contributed by atoms with E-state index in [4.69, 9.17) is 9.26 Å². The highest BCUT2D eigenvalue weighted by Crippen LogP contribution is 2.25. The van der Waals surface area contributed by atoms with Crippen LogP contribution >= 0.6 is 0 Å². The van der Waals surface area contributed by atoms with Crippen LogP contribution in [0.4, 0.5) is 13.2 Å². The molecule has 0 unspecified atom stereocenters. The summed E-state index contributed by atoms with van der Waals surface area (Å²) in [6.07, 6.45) is -1.59. The Hall–Kier alpha value is -3.43.